The zero-order valence-electron chi connectivity index (χ0n) is 18.3. The van der Waals surface area contributed by atoms with E-state index in [4.69, 9.17) is 9.47 Å². The molecule has 0 saturated carbocycles. The van der Waals surface area contributed by atoms with Crippen molar-refractivity contribution in [3.8, 4) is 0 Å². The van der Waals surface area contributed by atoms with Gasteiger partial charge in [0.05, 0.1) is 13.0 Å². The molecule has 166 valence electrons. The van der Waals surface area contributed by atoms with Gasteiger partial charge in [-0.25, -0.2) is 5.01 Å². The van der Waals surface area contributed by atoms with Gasteiger partial charge in [-0.2, -0.15) is 0 Å². The second-order valence-corrected chi connectivity index (χ2v) is 7.43. The number of benzene rings is 1. The Balaban J connectivity index is 1.84. The highest BCUT2D eigenvalue weighted by atomic mass is 16.6. The van der Waals surface area contributed by atoms with Crippen molar-refractivity contribution in [1.29, 1.82) is 0 Å². The van der Waals surface area contributed by atoms with Gasteiger partial charge in [0.25, 0.3) is 11.8 Å². The van der Waals surface area contributed by atoms with E-state index in [1.807, 2.05) is 42.0 Å². The maximum atomic E-state index is 12.8. The number of para-hydroxylation sites is 1. The Bertz CT molecular complexity index is 994. The second-order valence-electron chi connectivity index (χ2n) is 7.43. The number of nitrogens with zero attached hydrogens (tertiary/aromatic N) is 3. The van der Waals surface area contributed by atoms with Crippen LogP contribution in [0.5, 0.6) is 0 Å². The lowest BCUT2D eigenvalue weighted by molar-refractivity contribution is -0.145. The molecule has 1 fully saturated rings. The molecule has 1 aromatic carbocycles. The molecule has 0 N–H and O–H groups in total. The van der Waals surface area contributed by atoms with Gasteiger partial charge in [-0.05, 0) is 18.6 Å². The molecule has 8 nitrogen and oxygen atoms in total. The van der Waals surface area contributed by atoms with Crippen LogP contribution in [0.4, 0.5) is 0 Å². The van der Waals surface area contributed by atoms with E-state index in [0.29, 0.717) is 19.7 Å². The quantitative estimate of drug-likeness (QED) is 0.252. The van der Waals surface area contributed by atoms with E-state index in [9.17, 15) is 14.4 Å². The summed E-state index contributed by atoms with van der Waals surface area (Å²) in [6.07, 6.45) is 5.50. The number of unbranched alkanes of at least 4 members (excludes halogenated alkanes) is 1. The number of rotatable bonds is 10. The van der Waals surface area contributed by atoms with Crippen molar-refractivity contribution in [2.45, 2.75) is 32.7 Å². The molecule has 2 heterocycles. The number of fused-ring (bicyclic) bond motifs is 1. The molecule has 3 rings (SSSR count). The average Bonchev–Trinajstić information content (AvgIpc) is 3.22. The number of esters is 1. The smallest absolute Gasteiger partial charge is 0.307 e. The molecule has 1 saturated heterocycles. The third kappa shape index (κ3) is 4.96. The molecule has 31 heavy (non-hydrogen) atoms. The Morgan fingerprint density at radius 1 is 1.10 bits per heavy atom. The summed E-state index contributed by atoms with van der Waals surface area (Å²) in [6, 6.07) is 7.72. The van der Waals surface area contributed by atoms with Crippen LogP contribution in [-0.2, 0) is 30.4 Å². The number of likely N-dealkylation sites (N-methyl/N-ethyl adjacent to an activating group) is 1. The molecule has 0 unspecified atom stereocenters. The first kappa shape index (κ1) is 22.6. The lowest BCUT2D eigenvalue weighted by Gasteiger charge is -2.22. The third-order valence-corrected chi connectivity index (χ3v) is 5.30. The molecule has 8 heteroatoms. The highest BCUT2D eigenvalue weighted by Crippen LogP contribution is 2.27. The lowest BCUT2D eigenvalue weighted by Crippen LogP contribution is -2.38. The molecule has 0 atom stereocenters. The van der Waals surface area contributed by atoms with E-state index in [2.05, 4.69) is 0 Å². The molecule has 1 aliphatic rings. The first-order valence-corrected chi connectivity index (χ1v) is 10.5. The molecule has 2 aromatic rings. The fourth-order valence-corrected chi connectivity index (χ4v) is 3.59. The van der Waals surface area contributed by atoms with E-state index >= 15 is 0 Å². The number of carbonyl (C=O) groups is 3. The Morgan fingerprint density at radius 2 is 1.87 bits per heavy atom. The summed E-state index contributed by atoms with van der Waals surface area (Å²) in [5.41, 5.74) is 1.85. The number of methoxy groups -OCH3 is 1. The standard InChI is InChI=1S/C23H29N3O5/c1-4-5-11-26-23(29)19(22(28)24(26)2)15-17-16-25(20-9-7-6-8-18(17)20)12-10-21(27)31-14-13-30-3/h6-9,15-16H,4-5,10-14H2,1-3H3/b19-15-. The summed E-state index contributed by atoms with van der Waals surface area (Å²) in [5, 5.41) is 3.80. The Morgan fingerprint density at radius 3 is 2.61 bits per heavy atom. The topological polar surface area (TPSA) is 81.1 Å². The van der Waals surface area contributed by atoms with Crippen molar-refractivity contribution < 1.29 is 23.9 Å². The van der Waals surface area contributed by atoms with Gasteiger partial charge in [-0.1, -0.05) is 31.5 Å². The van der Waals surface area contributed by atoms with Gasteiger partial charge in [0, 0.05) is 49.9 Å². The van der Waals surface area contributed by atoms with Crippen LogP contribution < -0.4 is 0 Å². The summed E-state index contributed by atoms with van der Waals surface area (Å²) in [4.78, 5) is 37.5. The van der Waals surface area contributed by atoms with E-state index in [1.165, 1.54) is 10.0 Å². The minimum absolute atomic E-state index is 0.153. The van der Waals surface area contributed by atoms with Crippen molar-refractivity contribution in [1.82, 2.24) is 14.6 Å². The van der Waals surface area contributed by atoms with Gasteiger partial charge in [-0.3, -0.25) is 19.4 Å². The van der Waals surface area contributed by atoms with E-state index in [1.54, 1.807) is 20.2 Å². The number of aryl methyl sites for hydroxylation is 1. The number of hydrogen-bond acceptors (Lipinski definition) is 5. The predicted molar refractivity (Wildman–Crippen MR) is 117 cm³/mol. The van der Waals surface area contributed by atoms with Crippen LogP contribution in [0.15, 0.2) is 36.0 Å². The predicted octanol–water partition coefficient (Wildman–Crippen LogP) is 2.62. The van der Waals surface area contributed by atoms with Gasteiger partial charge < -0.3 is 14.0 Å². The van der Waals surface area contributed by atoms with Gasteiger partial charge in [0.2, 0.25) is 0 Å². The molecule has 0 radical (unpaired) electrons. The molecular formula is C23H29N3O5. The molecule has 1 aliphatic heterocycles. The number of hydrazine groups is 1. The number of aromatic nitrogens is 1. The van der Waals surface area contributed by atoms with Crippen LogP contribution in [0.3, 0.4) is 0 Å². The van der Waals surface area contributed by atoms with Crippen molar-refractivity contribution in [2.24, 2.45) is 0 Å². The van der Waals surface area contributed by atoms with Gasteiger partial charge in [-0.15, -0.1) is 0 Å². The summed E-state index contributed by atoms with van der Waals surface area (Å²) in [6.45, 7) is 3.58. The highest BCUT2D eigenvalue weighted by Gasteiger charge is 2.38. The lowest BCUT2D eigenvalue weighted by atomic mass is 10.1. The Kier molecular flexibility index (Phi) is 7.46. The van der Waals surface area contributed by atoms with Gasteiger partial charge in [0.1, 0.15) is 12.2 Å². The van der Waals surface area contributed by atoms with E-state index in [0.717, 1.165) is 29.3 Å². The van der Waals surface area contributed by atoms with Crippen molar-refractivity contribution in [2.75, 3.05) is 33.9 Å². The van der Waals surface area contributed by atoms with Gasteiger partial charge >= 0.3 is 5.97 Å². The van der Waals surface area contributed by atoms with Crippen molar-refractivity contribution in [3.63, 3.8) is 0 Å². The summed E-state index contributed by atoms with van der Waals surface area (Å²) in [5.74, 6) is -0.886. The number of ether oxygens (including phenoxy) is 2. The van der Waals surface area contributed by atoms with Crippen LogP contribution in [0, 0.1) is 0 Å². The van der Waals surface area contributed by atoms with E-state index < -0.39 is 0 Å². The Hall–Kier alpha value is -3.13. The van der Waals surface area contributed by atoms with Crippen LogP contribution in [0.1, 0.15) is 31.7 Å². The average molecular weight is 428 g/mol. The highest BCUT2D eigenvalue weighted by molar-refractivity contribution is 6.25. The minimum atomic E-state index is -0.306. The monoisotopic (exact) mass is 427 g/mol. The molecule has 0 spiro atoms. The summed E-state index contributed by atoms with van der Waals surface area (Å²) >= 11 is 0. The SMILES string of the molecule is CCCCN1C(=O)/C(=C\c2cn(CCC(=O)OCCOC)c3ccccc23)C(=O)N1C. The fourth-order valence-electron chi connectivity index (χ4n) is 3.59. The largest absolute Gasteiger partial charge is 0.463 e. The van der Waals surface area contributed by atoms with Crippen LogP contribution in [-0.4, -0.2) is 66.3 Å². The van der Waals surface area contributed by atoms with Gasteiger partial charge in [0.15, 0.2) is 0 Å². The first-order chi connectivity index (χ1) is 15.0. The van der Waals surface area contributed by atoms with Crippen LogP contribution in [0.25, 0.3) is 17.0 Å². The summed E-state index contributed by atoms with van der Waals surface area (Å²) < 4.78 is 12.0. The first-order valence-electron chi connectivity index (χ1n) is 10.5. The molecule has 0 bridgehead atoms. The zero-order chi connectivity index (χ0) is 22.4. The maximum Gasteiger partial charge on any atom is 0.307 e. The maximum absolute atomic E-state index is 12.8. The number of amides is 2. The number of hydrogen-bond donors (Lipinski definition) is 0. The normalized spacial score (nSPS) is 15.5. The van der Waals surface area contributed by atoms with E-state index in [-0.39, 0.29) is 36.4 Å². The molecule has 1 aromatic heterocycles. The number of carbonyl (C=O) groups excluding carboxylic acids is 3. The third-order valence-electron chi connectivity index (χ3n) is 5.30. The van der Waals surface area contributed by atoms with Crippen molar-refractivity contribution >= 4 is 34.8 Å². The summed E-state index contributed by atoms with van der Waals surface area (Å²) in [7, 11) is 3.17. The second kappa shape index (κ2) is 10.3. The molecular weight excluding hydrogens is 398 g/mol. The minimum Gasteiger partial charge on any atom is -0.463 e. The Labute approximate surface area is 182 Å². The zero-order valence-corrected chi connectivity index (χ0v) is 18.3. The molecule has 0 aliphatic carbocycles. The molecule has 2 amide bonds. The van der Waals surface area contributed by atoms with Crippen molar-refractivity contribution in [3.05, 3.63) is 41.6 Å². The van der Waals surface area contributed by atoms with Crippen LogP contribution in [0.2, 0.25) is 0 Å². The van der Waals surface area contributed by atoms with Crippen LogP contribution >= 0.6 is 0 Å². The fraction of sp³-hybridized carbons (Fsp3) is 0.435.